The Morgan fingerprint density at radius 1 is 1.18 bits per heavy atom. The molecule has 1 amide bonds. The number of fused-ring (bicyclic) bond motifs is 1. The highest BCUT2D eigenvalue weighted by molar-refractivity contribution is 6.01. The van der Waals surface area contributed by atoms with Gasteiger partial charge in [0.2, 0.25) is 5.91 Å². The number of aromatic nitrogens is 1. The second-order valence-electron chi connectivity index (χ2n) is 7.94. The summed E-state index contributed by atoms with van der Waals surface area (Å²) in [6, 6.07) is 15.5. The van der Waals surface area contributed by atoms with E-state index in [9.17, 15) is 4.79 Å². The number of nitrogens with zero attached hydrogens (tertiary/aromatic N) is 1. The summed E-state index contributed by atoms with van der Waals surface area (Å²) >= 11 is 0. The van der Waals surface area contributed by atoms with Gasteiger partial charge in [0.15, 0.2) is 0 Å². The smallest absolute Gasteiger partial charge is 0.244 e. The van der Waals surface area contributed by atoms with Crippen LogP contribution in [0.4, 0.5) is 0 Å². The molecule has 0 aliphatic heterocycles. The van der Waals surface area contributed by atoms with Crippen LogP contribution < -0.4 is 14.8 Å². The first-order chi connectivity index (χ1) is 16.5. The van der Waals surface area contributed by atoms with Crippen LogP contribution in [0.25, 0.3) is 27.7 Å². The summed E-state index contributed by atoms with van der Waals surface area (Å²) in [4.78, 5) is 16.9. The minimum absolute atomic E-state index is 0.191. The van der Waals surface area contributed by atoms with Gasteiger partial charge in [0.05, 0.1) is 32.2 Å². The van der Waals surface area contributed by atoms with E-state index in [2.05, 4.69) is 10.3 Å². The van der Waals surface area contributed by atoms with Gasteiger partial charge in [0.25, 0.3) is 0 Å². The molecule has 6 nitrogen and oxygen atoms in total. The van der Waals surface area contributed by atoms with Crippen LogP contribution in [0.2, 0.25) is 0 Å². The minimum Gasteiger partial charge on any atom is -0.497 e. The van der Waals surface area contributed by atoms with E-state index < -0.39 is 0 Å². The van der Waals surface area contributed by atoms with Gasteiger partial charge in [0.1, 0.15) is 17.1 Å². The lowest BCUT2D eigenvalue weighted by Gasteiger charge is -2.15. The predicted octanol–water partition coefficient (Wildman–Crippen LogP) is 5.93. The van der Waals surface area contributed by atoms with Crippen molar-refractivity contribution in [3.05, 3.63) is 83.9 Å². The molecule has 0 bridgehead atoms. The number of ether oxygens (including phenoxy) is 2. The van der Waals surface area contributed by atoms with E-state index in [1.807, 2.05) is 69.3 Å². The Bertz CT molecular complexity index is 1340. The Morgan fingerprint density at radius 2 is 2.03 bits per heavy atom. The molecule has 34 heavy (non-hydrogen) atoms. The summed E-state index contributed by atoms with van der Waals surface area (Å²) in [5.41, 5.74) is 6.05. The lowest BCUT2D eigenvalue weighted by molar-refractivity contribution is -0.116. The van der Waals surface area contributed by atoms with E-state index in [4.69, 9.17) is 13.9 Å². The van der Waals surface area contributed by atoms with E-state index in [1.54, 1.807) is 25.6 Å². The molecule has 0 unspecified atom stereocenters. The van der Waals surface area contributed by atoms with E-state index in [-0.39, 0.29) is 5.91 Å². The number of hydrogen-bond acceptors (Lipinski definition) is 5. The largest absolute Gasteiger partial charge is 0.497 e. The minimum atomic E-state index is -0.191. The molecule has 0 saturated carbocycles. The lowest BCUT2D eigenvalue weighted by Crippen LogP contribution is -2.21. The van der Waals surface area contributed by atoms with Crippen molar-refractivity contribution in [1.82, 2.24) is 10.3 Å². The summed E-state index contributed by atoms with van der Waals surface area (Å²) < 4.78 is 17.4. The average molecular weight is 457 g/mol. The van der Waals surface area contributed by atoms with Crippen LogP contribution >= 0.6 is 0 Å². The van der Waals surface area contributed by atoms with Gasteiger partial charge in [-0.25, -0.2) is 0 Å². The molecule has 4 rings (SSSR count). The standard InChI is InChI=1S/C28H28N2O4/c1-5-33-27-19(3)28-24(25(17-34-28)20-9-8-11-22(14-20)32-4)15-23(27)18(2)13-26(31)30-16-21-10-6-7-12-29-21/h6-15,17H,5,16H2,1-4H3,(H,30,31)/b18-13+. The first-order valence-corrected chi connectivity index (χ1v) is 11.2. The fraction of sp³-hybridized carbons (Fsp3) is 0.214. The number of benzene rings is 2. The lowest BCUT2D eigenvalue weighted by atomic mass is 9.96. The number of carbonyl (C=O) groups excluding carboxylic acids is 1. The number of methoxy groups -OCH3 is 1. The second kappa shape index (κ2) is 10.3. The molecule has 0 fully saturated rings. The molecule has 2 heterocycles. The number of amides is 1. The highest BCUT2D eigenvalue weighted by Gasteiger charge is 2.19. The molecule has 6 heteroatoms. The van der Waals surface area contributed by atoms with Crippen molar-refractivity contribution in [2.24, 2.45) is 0 Å². The molecule has 2 aromatic heterocycles. The third-order valence-electron chi connectivity index (χ3n) is 5.66. The Morgan fingerprint density at radius 3 is 2.76 bits per heavy atom. The van der Waals surface area contributed by atoms with Crippen LogP contribution in [0.3, 0.4) is 0 Å². The molecule has 0 aliphatic rings. The van der Waals surface area contributed by atoms with Gasteiger partial charge in [-0.3, -0.25) is 9.78 Å². The zero-order valence-electron chi connectivity index (χ0n) is 19.8. The van der Waals surface area contributed by atoms with Crippen LogP contribution in [0.15, 0.2) is 71.5 Å². The number of hydrogen-bond donors (Lipinski definition) is 1. The van der Waals surface area contributed by atoms with E-state index in [1.165, 1.54) is 0 Å². The summed E-state index contributed by atoms with van der Waals surface area (Å²) in [5, 5.41) is 3.85. The fourth-order valence-electron chi connectivity index (χ4n) is 3.96. The van der Waals surface area contributed by atoms with Crippen molar-refractivity contribution in [2.45, 2.75) is 27.3 Å². The summed E-state index contributed by atoms with van der Waals surface area (Å²) in [6.45, 7) is 6.69. The van der Waals surface area contributed by atoms with E-state index in [0.717, 1.165) is 50.2 Å². The zero-order chi connectivity index (χ0) is 24.1. The third kappa shape index (κ3) is 4.81. The van der Waals surface area contributed by atoms with Crippen molar-refractivity contribution >= 4 is 22.4 Å². The maximum atomic E-state index is 12.6. The van der Waals surface area contributed by atoms with Gasteiger partial charge in [0, 0.05) is 34.3 Å². The molecule has 174 valence electrons. The Kier molecular flexibility index (Phi) is 6.97. The van der Waals surface area contributed by atoms with Crippen LogP contribution in [0, 0.1) is 6.92 Å². The Labute approximate surface area is 199 Å². The highest BCUT2D eigenvalue weighted by atomic mass is 16.5. The molecular weight excluding hydrogens is 428 g/mol. The Hall–Kier alpha value is -4.06. The Balaban J connectivity index is 1.73. The van der Waals surface area contributed by atoms with Crippen molar-refractivity contribution in [2.75, 3.05) is 13.7 Å². The number of furan rings is 1. The van der Waals surface area contributed by atoms with E-state index in [0.29, 0.717) is 18.9 Å². The molecule has 4 aromatic rings. The van der Waals surface area contributed by atoms with Gasteiger partial charge < -0.3 is 19.2 Å². The van der Waals surface area contributed by atoms with Gasteiger partial charge in [-0.05, 0) is 62.2 Å². The first-order valence-electron chi connectivity index (χ1n) is 11.2. The molecule has 0 atom stereocenters. The molecule has 2 aromatic carbocycles. The van der Waals surface area contributed by atoms with Gasteiger partial charge in [-0.2, -0.15) is 0 Å². The third-order valence-corrected chi connectivity index (χ3v) is 5.66. The molecule has 0 aliphatic carbocycles. The maximum Gasteiger partial charge on any atom is 0.244 e. The number of pyridine rings is 1. The molecule has 0 radical (unpaired) electrons. The van der Waals surface area contributed by atoms with Crippen molar-refractivity contribution in [3.8, 4) is 22.6 Å². The average Bonchev–Trinajstić information content (AvgIpc) is 3.29. The summed E-state index contributed by atoms with van der Waals surface area (Å²) in [6.07, 6.45) is 5.06. The number of nitrogens with one attached hydrogen (secondary N) is 1. The highest BCUT2D eigenvalue weighted by Crippen LogP contribution is 2.41. The topological polar surface area (TPSA) is 73.6 Å². The van der Waals surface area contributed by atoms with Gasteiger partial charge >= 0.3 is 0 Å². The summed E-state index contributed by atoms with van der Waals surface area (Å²) in [7, 11) is 1.65. The molecule has 1 N–H and O–H groups in total. The van der Waals surface area contributed by atoms with E-state index >= 15 is 0 Å². The monoisotopic (exact) mass is 456 g/mol. The quantitative estimate of drug-likeness (QED) is 0.333. The van der Waals surface area contributed by atoms with Crippen molar-refractivity contribution in [1.29, 1.82) is 0 Å². The SMILES string of the molecule is CCOc1c(/C(C)=C/C(=O)NCc2ccccn2)cc2c(-c3cccc(OC)c3)coc2c1C. The molecular formula is C28H28N2O4. The van der Waals surface area contributed by atoms with Crippen LogP contribution in [0.1, 0.15) is 30.7 Å². The van der Waals surface area contributed by atoms with Crippen LogP contribution in [0.5, 0.6) is 11.5 Å². The number of allylic oxidation sites excluding steroid dienone is 1. The maximum absolute atomic E-state index is 12.6. The van der Waals surface area contributed by atoms with Crippen LogP contribution in [-0.2, 0) is 11.3 Å². The molecule has 0 spiro atoms. The molecule has 0 saturated heterocycles. The summed E-state index contributed by atoms with van der Waals surface area (Å²) in [5.74, 6) is 1.30. The predicted molar refractivity (Wildman–Crippen MR) is 134 cm³/mol. The van der Waals surface area contributed by atoms with Crippen molar-refractivity contribution < 1.29 is 18.7 Å². The number of rotatable bonds is 8. The first kappa shape index (κ1) is 23.1. The van der Waals surface area contributed by atoms with Crippen molar-refractivity contribution in [3.63, 3.8) is 0 Å². The number of aryl methyl sites for hydroxylation is 1. The van der Waals surface area contributed by atoms with Crippen LogP contribution in [-0.4, -0.2) is 24.6 Å². The zero-order valence-corrected chi connectivity index (χ0v) is 19.8. The second-order valence-corrected chi connectivity index (χ2v) is 7.94. The van der Waals surface area contributed by atoms with Gasteiger partial charge in [-0.15, -0.1) is 0 Å². The fourth-order valence-corrected chi connectivity index (χ4v) is 3.96. The van der Waals surface area contributed by atoms with Gasteiger partial charge in [-0.1, -0.05) is 18.2 Å². The normalized spacial score (nSPS) is 11.5. The number of carbonyl (C=O) groups is 1.